The van der Waals surface area contributed by atoms with Gasteiger partial charge in [0.05, 0.1) is 24.9 Å². The summed E-state index contributed by atoms with van der Waals surface area (Å²) >= 11 is 0. The number of ether oxygens (including phenoxy) is 1. The number of fused-ring (bicyclic) bond motifs is 1. The Morgan fingerprint density at radius 3 is 2.58 bits per heavy atom. The lowest BCUT2D eigenvalue weighted by molar-refractivity contribution is -0.123. The minimum Gasteiger partial charge on any atom is -0.464 e. The predicted molar refractivity (Wildman–Crippen MR) is 117 cm³/mol. The van der Waals surface area contributed by atoms with Crippen molar-refractivity contribution in [3.63, 3.8) is 0 Å². The van der Waals surface area contributed by atoms with Crippen LogP contribution in [0.2, 0.25) is 0 Å². The lowest BCUT2D eigenvalue weighted by Crippen LogP contribution is -2.24. The number of carbonyl (C=O) groups excluding carboxylic acids is 2. The molecule has 1 aromatic heterocycles. The van der Waals surface area contributed by atoms with E-state index < -0.39 is 5.97 Å². The molecule has 162 valence electrons. The molecule has 1 amide bonds. The number of aliphatic hydroxyl groups is 2. The molecule has 2 aromatic carbocycles. The van der Waals surface area contributed by atoms with E-state index in [0.29, 0.717) is 34.3 Å². The number of hydrogen-bond acceptors (Lipinski definition) is 6. The highest BCUT2D eigenvalue weighted by Crippen LogP contribution is 2.24. The van der Waals surface area contributed by atoms with Crippen molar-refractivity contribution in [3.05, 3.63) is 59.3 Å². The fourth-order valence-corrected chi connectivity index (χ4v) is 2.79. The molecule has 31 heavy (non-hydrogen) atoms. The lowest BCUT2D eigenvalue weighted by Gasteiger charge is -2.08. The van der Waals surface area contributed by atoms with E-state index in [2.05, 4.69) is 16.9 Å². The second kappa shape index (κ2) is 10.9. The lowest BCUT2D eigenvalue weighted by atomic mass is 10.1. The summed E-state index contributed by atoms with van der Waals surface area (Å²) < 4.78 is 6.47. The smallest absolute Gasteiger partial charge is 0.359 e. The van der Waals surface area contributed by atoms with Crippen molar-refractivity contribution in [1.82, 2.24) is 14.7 Å². The van der Waals surface area contributed by atoms with Gasteiger partial charge in [-0.3, -0.25) is 4.79 Å². The molecule has 0 aliphatic rings. The van der Waals surface area contributed by atoms with Gasteiger partial charge in [-0.1, -0.05) is 18.1 Å². The quantitative estimate of drug-likeness (QED) is 0.489. The second-order valence-electron chi connectivity index (χ2n) is 6.38. The number of carbonyl (C=O) groups is 2. The topological polar surface area (TPSA) is 105 Å². The Bertz CT molecular complexity index is 1140. The van der Waals surface area contributed by atoms with E-state index in [1.807, 2.05) is 13.0 Å². The van der Waals surface area contributed by atoms with Gasteiger partial charge in [0.2, 0.25) is 0 Å². The molecule has 0 saturated carbocycles. The maximum Gasteiger partial charge on any atom is 0.359 e. The van der Waals surface area contributed by atoms with E-state index in [4.69, 9.17) is 9.84 Å². The van der Waals surface area contributed by atoms with E-state index in [1.165, 1.54) is 12.0 Å². The van der Waals surface area contributed by atoms with E-state index in [0.717, 1.165) is 7.11 Å². The molecule has 0 aliphatic carbocycles. The maximum atomic E-state index is 12.2. The summed E-state index contributed by atoms with van der Waals surface area (Å²) in [5.41, 5.74) is 2.85. The van der Waals surface area contributed by atoms with Crippen LogP contribution in [-0.2, 0) is 16.1 Å². The SMILES string of the molecule is CCN(C)C(=O)C#Cc1cccc(-n2nc(C(=O)OC)c3cc(CO)ccc32)c1.CO. The van der Waals surface area contributed by atoms with Crippen molar-refractivity contribution in [2.75, 3.05) is 27.8 Å². The molecule has 1 heterocycles. The minimum atomic E-state index is -0.562. The van der Waals surface area contributed by atoms with Crippen LogP contribution in [0.5, 0.6) is 0 Å². The summed E-state index contributed by atoms with van der Waals surface area (Å²) in [5.74, 6) is 4.67. The summed E-state index contributed by atoms with van der Waals surface area (Å²) in [6, 6.07) is 12.5. The fraction of sp³-hybridized carbons (Fsp3) is 0.261. The zero-order chi connectivity index (χ0) is 23.0. The Morgan fingerprint density at radius 1 is 1.19 bits per heavy atom. The standard InChI is InChI=1S/C22H21N3O4.CH4O/c1-4-24(2)20(27)11-9-15-6-5-7-17(12-15)25-19-10-8-16(14-26)13-18(19)21(23-25)22(28)29-3;1-2/h5-8,10,12-13,26H,4,14H2,1-3H3;2H,1H3. The van der Waals surface area contributed by atoms with Gasteiger partial charge in [0, 0.05) is 37.6 Å². The van der Waals surface area contributed by atoms with E-state index in [-0.39, 0.29) is 18.2 Å². The van der Waals surface area contributed by atoms with Crippen LogP contribution in [0.25, 0.3) is 16.6 Å². The van der Waals surface area contributed by atoms with E-state index in [9.17, 15) is 14.7 Å². The molecule has 8 nitrogen and oxygen atoms in total. The van der Waals surface area contributed by atoms with Gasteiger partial charge >= 0.3 is 5.97 Å². The highest BCUT2D eigenvalue weighted by atomic mass is 16.5. The van der Waals surface area contributed by atoms with Crippen molar-refractivity contribution in [3.8, 4) is 17.5 Å². The highest BCUT2D eigenvalue weighted by molar-refractivity contribution is 6.02. The molecule has 8 heteroatoms. The first-order valence-electron chi connectivity index (χ1n) is 9.51. The monoisotopic (exact) mass is 423 g/mol. The maximum absolute atomic E-state index is 12.2. The van der Waals surface area contributed by atoms with Crippen LogP contribution < -0.4 is 0 Å². The third-order valence-electron chi connectivity index (χ3n) is 4.53. The average Bonchev–Trinajstić information content (AvgIpc) is 3.21. The van der Waals surface area contributed by atoms with Gasteiger partial charge in [-0.15, -0.1) is 0 Å². The third kappa shape index (κ3) is 5.28. The number of esters is 1. The first-order chi connectivity index (χ1) is 15.0. The second-order valence-corrected chi connectivity index (χ2v) is 6.38. The van der Waals surface area contributed by atoms with Crippen molar-refractivity contribution < 1.29 is 24.5 Å². The van der Waals surface area contributed by atoms with Crippen molar-refractivity contribution in [2.24, 2.45) is 0 Å². The number of amides is 1. The van der Waals surface area contributed by atoms with Gasteiger partial charge in [0.15, 0.2) is 5.69 Å². The van der Waals surface area contributed by atoms with Gasteiger partial charge in [0.25, 0.3) is 5.91 Å². The molecule has 0 spiro atoms. The zero-order valence-electron chi connectivity index (χ0n) is 17.9. The number of aliphatic hydroxyl groups excluding tert-OH is 2. The number of rotatable bonds is 4. The van der Waals surface area contributed by atoms with E-state index >= 15 is 0 Å². The summed E-state index contributed by atoms with van der Waals surface area (Å²) in [7, 11) is 3.99. The van der Waals surface area contributed by atoms with Crippen LogP contribution in [0.4, 0.5) is 0 Å². The summed E-state index contributed by atoms with van der Waals surface area (Å²) in [5, 5.41) is 21.4. The van der Waals surface area contributed by atoms with Crippen molar-refractivity contribution >= 4 is 22.8 Å². The molecule has 3 rings (SSSR count). The molecule has 0 unspecified atom stereocenters. The Hall–Kier alpha value is -3.67. The van der Waals surface area contributed by atoms with Crippen LogP contribution in [0, 0.1) is 11.8 Å². The van der Waals surface area contributed by atoms with Crippen LogP contribution >= 0.6 is 0 Å². The number of aromatic nitrogens is 2. The molecule has 0 radical (unpaired) electrons. The number of hydrogen-bond donors (Lipinski definition) is 2. The van der Waals surface area contributed by atoms with Gasteiger partial charge in [0.1, 0.15) is 0 Å². The van der Waals surface area contributed by atoms with Gasteiger partial charge in [-0.05, 0) is 42.8 Å². The largest absolute Gasteiger partial charge is 0.464 e. The predicted octanol–water partition coefficient (Wildman–Crippen LogP) is 1.74. The first-order valence-corrected chi connectivity index (χ1v) is 9.51. The molecule has 3 aromatic rings. The van der Waals surface area contributed by atoms with Crippen LogP contribution in [-0.4, -0.2) is 64.6 Å². The Kier molecular flexibility index (Phi) is 8.32. The molecule has 0 atom stereocenters. The fourth-order valence-electron chi connectivity index (χ4n) is 2.79. The minimum absolute atomic E-state index is 0.146. The molecule has 0 aliphatic heterocycles. The normalized spacial score (nSPS) is 9.87. The van der Waals surface area contributed by atoms with Gasteiger partial charge in [-0.25, -0.2) is 9.48 Å². The Balaban J connectivity index is 0.00000166. The molecule has 0 fully saturated rings. The molecule has 0 bridgehead atoms. The molecular formula is C23H25N3O5. The van der Waals surface area contributed by atoms with Crippen molar-refractivity contribution in [2.45, 2.75) is 13.5 Å². The first kappa shape index (κ1) is 23.6. The van der Waals surface area contributed by atoms with Crippen molar-refractivity contribution in [1.29, 1.82) is 0 Å². The average molecular weight is 423 g/mol. The third-order valence-corrected chi connectivity index (χ3v) is 4.53. The summed E-state index contributed by atoms with van der Waals surface area (Å²) in [4.78, 5) is 25.6. The molecule has 0 saturated heterocycles. The van der Waals surface area contributed by atoms with E-state index in [1.54, 1.807) is 48.1 Å². The Labute approximate surface area is 180 Å². The van der Waals surface area contributed by atoms with Crippen LogP contribution in [0.1, 0.15) is 28.5 Å². The Morgan fingerprint density at radius 2 is 1.94 bits per heavy atom. The summed E-state index contributed by atoms with van der Waals surface area (Å²) in [6.45, 7) is 2.32. The number of methoxy groups -OCH3 is 1. The van der Waals surface area contributed by atoms with Gasteiger partial charge < -0.3 is 19.8 Å². The number of nitrogens with zero attached hydrogens (tertiary/aromatic N) is 3. The van der Waals surface area contributed by atoms with Crippen LogP contribution in [0.3, 0.4) is 0 Å². The molecule has 2 N–H and O–H groups in total. The number of benzene rings is 2. The van der Waals surface area contributed by atoms with Gasteiger partial charge in [-0.2, -0.15) is 5.10 Å². The highest BCUT2D eigenvalue weighted by Gasteiger charge is 2.19. The van der Waals surface area contributed by atoms with Crippen LogP contribution in [0.15, 0.2) is 42.5 Å². The summed E-state index contributed by atoms with van der Waals surface area (Å²) in [6.07, 6.45) is 0. The zero-order valence-corrected chi connectivity index (χ0v) is 17.9. The molecular weight excluding hydrogens is 398 g/mol.